The van der Waals surface area contributed by atoms with Gasteiger partial charge in [0.15, 0.2) is 11.6 Å². The minimum absolute atomic E-state index is 0.388. The van der Waals surface area contributed by atoms with Gasteiger partial charge in [-0.05, 0) is 79.4 Å². The minimum atomic E-state index is 0.388. The Morgan fingerprint density at radius 1 is 0.535 bits per heavy atom. The molecule has 0 amide bonds. The lowest BCUT2D eigenvalue weighted by molar-refractivity contribution is 0.743. The molecule has 1 aliphatic rings. The number of benzene rings is 6. The van der Waals surface area contributed by atoms with Crippen LogP contribution in [0.4, 0.5) is 0 Å². The van der Waals surface area contributed by atoms with Gasteiger partial charge in [-0.3, -0.25) is 0 Å². The fourth-order valence-electron chi connectivity index (χ4n) is 6.66. The summed E-state index contributed by atoms with van der Waals surface area (Å²) in [4.78, 5) is 13.9. The van der Waals surface area contributed by atoms with E-state index in [9.17, 15) is 0 Å². The van der Waals surface area contributed by atoms with Crippen LogP contribution in [-0.2, 0) is 6.42 Å². The van der Waals surface area contributed by atoms with Crippen molar-refractivity contribution in [3.05, 3.63) is 150 Å². The van der Waals surface area contributed by atoms with Crippen LogP contribution in [0.15, 0.2) is 134 Å². The Bertz CT molecular complexity index is 2180. The average molecular weight is 552 g/mol. The zero-order valence-corrected chi connectivity index (χ0v) is 23.9. The molecule has 0 N–H and O–H groups in total. The first-order valence-corrected chi connectivity index (χ1v) is 14.8. The van der Waals surface area contributed by atoms with Crippen molar-refractivity contribution in [3.63, 3.8) is 0 Å². The maximum atomic E-state index is 4.87. The van der Waals surface area contributed by atoms with Crippen molar-refractivity contribution in [2.24, 2.45) is 5.92 Å². The van der Waals surface area contributed by atoms with Crippen molar-refractivity contribution < 1.29 is 0 Å². The molecule has 0 fully saturated rings. The second kappa shape index (κ2) is 10.5. The molecule has 1 unspecified atom stereocenters. The molecule has 8 rings (SSSR count). The predicted molar refractivity (Wildman–Crippen MR) is 178 cm³/mol. The number of hydrogen-bond donors (Lipinski definition) is 0. The monoisotopic (exact) mass is 551 g/mol. The van der Waals surface area contributed by atoms with E-state index in [0.29, 0.717) is 17.6 Å². The van der Waals surface area contributed by atoms with Gasteiger partial charge in [0.05, 0.1) is 0 Å². The molecule has 1 aliphatic carbocycles. The van der Waals surface area contributed by atoms with E-state index in [2.05, 4.69) is 114 Å². The fraction of sp³-hybridized carbons (Fsp3) is 0.0750. The zero-order valence-electron chi connectivity index (χ0n) is 23.9. The molecular formula is C40H29N3. The van der Waals surface area contributed by atoms with Gasteiger partial charge in [-0.2, -0.15) is 0 Å². The highest BCUT2D eigenvalue weighted by atomic mass is 15.0. The number of hydrogen-bond acceptors (Lipinski definition) is 3. The Labute approximate surface area is 251 Å². The van der Waals surface area contributed by atoms with Crippen molar-refractivity contribution >= 4 is 33.2 Å². The maximum absolute atomic E-state index is 4.87. The highest BCUT2D eigenvalue weighted by Crippen LogP contribution is 2.43. The third-order valence-corrected chi connectivity index (χ3v) is 8.70. The molecule has 43 heavy (non-hydrogen) atoms. The van der Waals surface area contributed by atoms with Crippen LogP contribution in [0.3, 0.4) is 0 Å². The van der Waals surface area contributed by atoms with Crippen LogP contribution >= 0.6 is 0 Å². The van der Waals surface area contributed by atoms with E-state index < -0.39 is 0 Å². The summed E-state index contributed by atoms with van der Waals surface area (Å²) in [6.07, 6.45) is 5.07. The molecule has 3 heteroatoms. The van der Waals surface area contributed by atoms with Crippen molar-refractivity contribution in [2.75, 3.05) is 0 Å². The van der Waals surface area contributed by atoms with E-state index in [1.54, 1.807) is 6.33 Å². The van der Waals surface area contributed by atoms with Gasteiger partial charge in [0.1, 0.15) is 6.33 Å². The average Bonchev–Trinajstić information content (AvgIpc) is 3.09. The first-order chi connectivity index (χ1) is 21.2. The van der Waals surface area contributed by atoms with Gasteiger partial charge >= 0.3 is 0 Å². The molecule has 0 radical (unpaired) electrons. The molecule has 0 aliphatic heterocycles. The van der Waals surface area contributed by atoms with Gasteiger partial charge in [0, 0.05) is 11.1 Å². The molecular weight excluding hydrogens is 522 g/mol. The van der Waals surface area contributed by atoms with Crippen LogP contribution < -0.4 is 0 Å². The third-order valence-electron chi connectivity index (χ3n) is 8.70. The highest BCUT2D eigenvalue weighted by Gasteiger charge is 2.23. The van der Waals surface area contributed by atoms with Gasteiger partial charge < -0.3 is 0 Å². The summed E-state index contributed by atoms with van der Waals surface area (Å²) in [6.45, 7) is 2.36. The second-order valence-electron chi connectivity index (χ2n) is 11.3. The van der Waals surface area contributed by atoms with Gasteiger partial charge in [-0.1, -0.05) is 128 Å². The zero-order chi connectivity index (χ0) is 28.8. The van der Waals surface area contributed by atoms with E-state index in [4.69, 9.17) is 4.98 Å². The third kappa shape index (κ3) is 4.41. The normalized spacial score (nSPS) is 14.4. The molecule has 1 atom stereocenters. The summed E-state index contributed by atoms with van der Waals surface area (Å²) in [5.41, 5.74) is 9.66. The Kier molecular flexibility index (Phi) is 6.15. The van der Waals surface area contributed by atoms with Crippen molar-refractivity contribution in [2.45, 2.75) is 13.3 Å². The van der Waals surface area contributed by atoms with Crippen LogP contribution in [0.1, 0.15) is 23.6 Å². The van der Waals surface area contributed by atoms with E-state index in [1.165, 1.54) is 43.8 Å². The number of nitrogens with zero attached hydrogens (tertiary/aromatic N) is 3. The van der Waals surface area contributed by atoms with E-state index in [1.807, 2.05) is 36.4 Å². The van der Waals surface area contributed by atoms with Crippen LogP contribution in [0, 0.1) is 5.92 Å². The summed E-state index contributed by atoms with van der Waals surface area (Å²) < 4.78 is 0. The molecule has 6 aromatic carbocycles. The molecule has 1 aromatic heterocycles. The van der Waals surface area contributed by atoms with Crippen LogP contribution in [0.25, 0.3) is 67.1 Å². The van der Waals surface area contributed by atoms with Crippen molar-refractivity contribution in [3.8, 4) is 33.9 Å². The quantitative estimate of drug-likeness (QED) is 0.204. The first-order valence-electron chi connectivity index (χ1n) is 14.8. The van der Waals surface area contributed by atoms with Gasteiger partial charge in [-0.15, -0.1) is 0 Å². The largest absolute Gasteiger partial charge is 0.217 e. The fourth-order valence-corrected chi connectivity index (χ4v) is 6.66. The smallest absolute Gasteiger partial charge is 0.163 e. The molecule has 7 aromatic rings. The summed E-state index contributed by atoms with van der Waals surface area (Å²) in [5, 5.41) is 5.35. The molecule has 204 valence electrons. The predicted octanol–water partition coefficient (Wildman–Crippen LogP) is 9.91. The molecule has 0 saturated carbocycles. The summed E-state index contributed by atoms with van der Waals surface area (Å²) in [6, 6.07) is 45.1. The first kappa shape index (κ1) is 25.3. The van der Waals surface area contributed by atoms with E-state index in [-0.39, 0.29) is 0 Å². The van der Waals surface area contributed by atoms with E-state index >= 15 is 0 Å². The van der Waals surface area contributed by atoms with Crippen LogP contribution in [-0.4, -0.2) is 15.0 Å². The van der Waals surface area contributed by atoms with E-state index in [0.717, 1.165) is 28.7 Å². The molecule has 0 spiro atoms. The van der Waals surface area contributed by atoms with Crippen LogP contribution in [0.2, 0.25) is 0 Å². The highest BCUT2D eigenvalue weighted by molar-refractivity contribution is 6.14. The molecule has 0 bridgehead atoms. The number of rotatable bonds is 4. The van der Waals surface area contributed by atoms with Gasteiger partial charge in [0.25, 0.3) is 0 Å². The summed E-state index contributed by atoms with van der Waals surface area (Å²) in [5.74, 6) is 1.74. The van der Waals surface area contributed by atoms with Crippen molar-refractivity contribution in [1.29, 1.82) is 0 Å². The Morgan fingerprint density at radius 2 is 1.14 bits per heavy atom. The minimum Gasteiger partial charge on any atom is -0.217 e. The van der Waals surface area contributed by atoms with Gasteiger partial charge in [0.2, 0.25) is 0 Å². The second-order valence-corrected chi connectivity index (χ2v) is 11.3. The number of allylic oxidation sites excluding steroid dienone is 1. The maximum Gasteiger partial charge on any atom is 0.163 e. The standard InChI is InChI=1S/C40H29N3/c1-26-22-37-33-19-8-6-17-31(33)32-18-7-9-20-34(32)38(37)24-36(26)29-15-11-14-28(23-29)30-16-5-10-21-35(30)40-42-25-41-39(43-40)27-12-3-2-4-13-27/h2-21,23-26H,22H2,1H3. The summed E-state index contributed by atoms with van der Waals surface area (Å²) in [7, 11) is 0. The summed E-state index contributed by atoms with van der Waals surface area (Å²) >= 11 is 0. The topological polar surface area (TPSA) is 38.7 Å². The number of fused-ring (bicyclic) bond motifs is 6. The number of aromatic nitrogens is 3. The Balaban J connectivity index is 1.25. The lowest BCUT2D eigenvalue weighted by Gasteiger charge is -2.27. The Hall–Kier alpha value is -5.41. The molecule has 3 nitrogen and oxygen atoms in total. The Morgan fingerprint density at radius 3 is 1.95 bits per heavy atom. The van der Waals surface area contributed by atoms with Gasteiger partial charge in [-0.25, -0.2) is 15.0 Å². The van der Waals surface area contributed by atoms with Crippen molar-refractivity contribution in [1.82, 2.24) is 15.0 Å². The van der Waals surface area contributed by atoms with Crippen LogP contribution in [0.5, 0.6) is 0 Å². The SMILES string of the molecule is CC1Cc2c(c3ccccc3c3ccccc23)C=C1c1cccc(-c2ccccc2-c2ncnc(-c3ccccc3)n2)c1. The lowest BCUT2D eigenvalue weighted by Crippen LogP contribution is -2.10. The molecule has 1 heterocycles. The molecule has 0 saturated heterocycles. The lowest BCUT2D eigenvalue weighted by atomic mass is 9.77.